The van der Waals surface area contributed by atoms with Gasteiger partial charge in [-0.05, 0) is 25.3 Å². The summed E-state index contributed by atoms with van der Waals surface area (Å²) in [4.78, 5) is 41.6. The van der Waals surface area contributed by atoms with Gasteiger partial charge in [-0.3, -0.25) is 19.0 Å². The second-order valence-corrected chi connectivity index (χ2v) is 4.36. The number of ketones is 2. The largest absolute Gasteiger partial charge is 0.398 e. The first-order valence-electron chi connectivity index (χ1n) is 10.8. The van der Waals surface area contributed by atoms with Crippen molar-refractivity contribution in [1.82, 2.24) is 9.55 Å². The van der Waals surface area contributed by atoms with Gasteiger partial charge in [0, 0.05) is 21.7 Å². The molecule has 0 spiro atoms. The number of rotatable bonds is 1. The zero-order valence-electron chi connectivity index (χ0n) is 20.5. The number of benzene rings is 1. The van der Waals surface area contributed by atoms with Gasteiger partial charge < -0.3 is 5.73 Å². The summed E-state index contributed by atoms with van der Waals surface area (Å²) in [6, 6.07) is -4.60. The molecule has 6 nitrogen and oxygen atoms in total. The minimum absolute atomic E-state index is 0.140. The molecular formula is C15H15N3O3. The number of fused-ring (bicyclic) bond motifs is 1. The summed E-state index contributed by atoms with van der Waals surface area (Å²) < 4.78 is 78.5. The number of aryl methyl sites for hydroxylation is 1. The second kappa shape index (κ2) is 4.80. The number of hydrogen-bond acceptors (Lipinski definition) is 5. The van der Waals surface area contributed by atoms with Crippen LogP contribution >= 0.6 is 0 Å². The van der Waals surface area contributed by atoms with Crippen molar-refractivity contribution in [2.24, 2.45) is 0 Å². The molecule has 0 radical (unpaired) electrons. The first kappa shape index (κ1) is 6.09. The van der Waals surface area contributed by atoms with Gasteiger partial charge in [-0.25, -0.2) is 4.98 Å². The van der Waals surface area contributed by atoms with E-state index in [4.69, 9.17) is 19.4 Å². The fourth-order valence-corrected chi connectivity index (χ4v) is 2.06. The van der Waals surface area contributed by atoms with Crippen LogP contribution in [0.1, 0.15) is 44.7 Å². The predicted octanol–water partition coefficient (Wildman–Crippen LogP) is 1.15. The van der Waals surface area contributed by atoms with E-state index in [1.54, 1.807) is 0 Å². The van der Waals surface area contributed by atoms with Gasteiger partial charge in [0.05, 0.1) is 27.5 Å². The van der Waals surface area contributed by atoms with E-state index in [2.05, 4.69) is 4.98 Å². The molecule has 21 heavy (non-hydrogen) atoms. The quantitative estimate of drug-likeness (QED) is 0.629. The summed E-state index contributed by atoms with van der Waals surface area (Å²) in [5.41, 5.74) is 3.06. The zero-order valence-corrected chi connectivity index (χ0v) is 10.5. The van der Waals surface area contributed by atoms with E-state index >= 15 is 0 Å². The summed E-state index contributed by atoms with van der Waals surface area (Å²) in [7, 11) is 0. The van der Waals surface area contributed by atoms with Crippen LogP contribution in [0.25, 0.3) is 10.9 Å². The van der Waals surface area contributed by atoms with E-state index in [-0.39, 0.29) is 4.57 Å². The highest BCUT2D eigenvalue weighted by Gasteiger charge is 2.30. The Labute approximate surface area is 134 Å². The van der Waals surface area contributed by atoms with E-state index in [0.717, 1.165) is 0 Å². The lowest BCUT2D eigenvalue weighted by molar-refractivity contribution is -0.132. The Morgan fingerprint density at radius 3 is 3.05 bits per heavy atom. The van der Waals surface area contributed by atoms with Crippen LogP contribution in [0.3, 0.4) is 0 Å². The molecule has 0 amide bonds. The molecular weight excluding hydrogens is 270 g/mol. The SMILES string of the molecule is [2H]c1c([2H])c(N)c2c(=O)n(C3C(=O)CC(=O)C([2H])([2H])C3([2H])[2H])c(C([2H])([2H])[2H])nc2c1[2H]. The van der Waals surface area contributed by atoms with Gasteiger partial charge in [-0.2, -0.15) is 0 Å². The molecule has 2 aromatic rings. The number of aromatic nitrogens is 2. The Hall–Kier alpha value is -2.50. The van der Waals surface area contributed by atoms with Crippen molar-refractivity contribution in [2.75, 3.05) is 5.73 Å². The van der Waals surface area contributed by atoms with E-state index < -0.39 is 89.7 Å². The normalized spacial score (nSPS) is 31.5. The van der Waals surface area contributed by atoms with Gasteiger partial charge in [-0.1, -0.05) is 6.04 Å². The lowest BCUT2D eigenvalue weighted by Crippen LogP contribution is -2.36. The van der Waals surface area contributed by atoms with Gasteiger partial charge in [0.2, 0.25) is 0 Å². The highest BCUT2D eigenvalue weighted by atomic mass is 16.2. The Kier molecular flexibility index (Phi) is 1.39. The molecule has 108 valence electrons. The van der Waals surface area contributed by atoms with Crippen molar-refractivity contribution >= 4 is 28.2 Å². The van der Waals surface area contributed by atoms with E-state index in [9.17, 15) is 14.4 Å². The van der Waals surface area contributed by atoms with E-state index in [1.807, 2.05) is 0 Å². The molecule has 6 heteroatoms. The average Bonchev–Trinajstić information content (AvgIpc) is 2.63. The third kappa shape index (κ3) is 2.12. The van der Waals surface area contributed by atoms with Crippen LogP contribution in [-0.2, 0) is 9.59 Å². The van der Waals surface area contributed by atoms with Crippen molar-refractivity contribution in [2.45, 2.75) is 32.1 Å². The van der Waals surface area contributed by atoms with Crippen LogP contribution in [0.4, 0.5) is 5.69 Å². The molecule has 1 saturated carbocycles. The number of anilines is 1. The topological polar surface area (TPSA) is 95.0 Å². The Morgan fingerprint density at radius 1 is 1.48 bits per heavy atom. The molecule has 1 fully saturated rings. The van der Waals surface area contributed by atoms with E-state index in [1.165, 1.54) is 0 Å². The zero-order chi connectivity index (χ0) is 23.8. The first-order chi connectivity index (χ1) is 14.0. The fourth-order valence-electron chi connectivity index (χ4n) is 2.06. The number of carbonyl (C=O) groups is 2. The summed E-state index contributed by atoms with van der Waals surface area (Å²) in [6.07, 6.45) is -7.66. The average molecular weight is 295 g/mol. The molecule has 1 aliphatic carbocycles. The smallest absolute Gasteiger partial charge is 0.264 e. The van der Waals surface area contributed by atoms with Crippen LogP contribution < -0.4 is 11.3 Å². The highest BCUT2D eigenvalue weighted by Crippen LogP contribution is 2.24. The Bertz CT molecular complexity index is 1220. The summed E-state index contributed by atoms with van der Waals surface area (Å²) in [5, 5.41) is -0.680. The molecule has 1 aromatic heterocycles. The minimum atomic E-state index is -3.34. The van der Waals surface area contributed by atoms with Crippen molar-refractivity contribution in [3.63, 3.8) is 0 Å². The Morgan fingerprint density at radius 2 is 2.29 bits per heavy atom. The molecule has 0 bridgehead atoms. The maximum atomic E-state index is 13.3. The molecule has 1 atom stereocenters. The van der Waals surface area contributed by atoms with Crippen molar-refractivity contribution < 1.29 is 23.3 Å². The van der Waals surface area contributed by atoms with Crippen LogP contribution in [-0.4, -0.2) is 21.1 Å². The lowest BCUT2D eigenvalue weighted by atomic mass is 9.92. The standard InChI is InChI=1S/C15H15N3O3/c1-8-17-11-4-2-3-10(16)14(11)15(21)18(8)12-6-5-9(19)7-13(12)20/h2-4,12H,5-7,16H2,1H3/i1D3,2D,3D,4D,5D2,6D2. The highest BCUT2D eigenvalue weighted by molar-refractivity contribution is 6.03. The van der Waals surface area contributed by atoms with Crippen molar-refractivity contribution in [3.05, 3.63) is 34.3 Å². The molecule has 1 aliphatic rings. The second-order valence-electron chi connectivity index (χ2n) is 4.36. The summed E-state index contributed by atoms with van der Waals surface area (Å²) >= 11 is 0. The number of Topliss-reactive ketones (excluding diaryl/α,β-unsaturated/α-hetero) is 2. The number of nitrogens with zero attached hydrogens (tertiary/aromatic N) is 2. The summed E-state index contributed by atoms with van der Waals surface area (Å²) in [5.74, 6) is -3.75. The van der Waals surface area contributed by atoms with Gasteiger partial charge in [0.25, 0.3) is 5.56 Å². The fraction of sp³-hybridized carbons (Fsp3) is 0.333. The van der Waals surface area contributed by atoms with Crippen molar-refractivity contribution in [1.29, 1.82) is 0 Å². The molecule has 0 saturated heterocycles. The molecule has 0 aliphatic heterocycles. The third-order valence-electron chi connectivity index (χ3n) is 3.01. The van der Waals surface area contributed by atoms with Gasteiger partial charge in [0.15, 0.2) is 5.78 Å². The van der Waals surface area contributed by atoms with Crippen molar-refractivity contribution in [3.8, 4) is 0 Å². The van der Waals surface area contributed by atoms with Crippen LogP contribution in [0, 0.1) is 6.85 Å². The van der Waals surface area contributed by atoms with Gasteiger partial charge in [0.1, 0.15) is 11.6 Å². The Balaban J connectivity index is 2.56. The maximum absolute atomic E-state index is 13.3. The number of nitrogens with two attached hydrogens (primary N) is 1. The predicted molar refractivity (Wildman–Crippen MR) is 78.1 cm³/mol. The first-order valence-corrected chi connectivity index (χ1v) is 5.84. The number of carbonyl (C=O) groups excluding carboxylic acids is 2. The minimum Gasteiger partial charge on any atom is -0.398 e. The van der Waals surface area contributed by atoms with Crippen LogP contribution in [0.5, 0.6) is 0 Å². The third-order valence-corrected chi connectivity index (χ3v) is 3.01. The lowest BCUT2D eigenvalue weighted by Gasteiger charge is -2.24. The molecule has 1 aromatic carbocycles. The van der Waals surface area contributed by atoms with Gasteiger partial charge >= 0.3 is 0 Å². The number of hydrogen-bond donors (Lipinski definition) is 1. The summed E-state index contributed by atoms with van der Waals surface area (Å²) in [6.45, 7) is -3.24. The maximum Gasteiger partial charge on any atom is 0.264 e. The van der Waals surface area contributed by atoms with Crippen LogP contribution in [0.15, 0.2) is 22.9 Å². The monoisotopic (exact) mass is 295 g/mol. The molecule has 3 rings (SSSR count). The van der Waals surface area contributed by atoms with Crippen LogP contribution in [0.2, 0.25) is 0 Å². The molecule has 1 heterocycles. The molecule has 1 unspecified atom stereocenters. The number of nitrogen functional groups attached to an aromatic ring is 1. The van der Waals surface area contributed by atoms with Gasteiger partial charge in [-0.15, -0.1) is 0 Å². The van der Waals surface area contributed by atoms with E-state index in [0.29, 0.717) is 0 Å². The molecule has 2 N–H and O–H groups in total.